The number of benzene rings is 1. The Morgan fingerprint density at radius 3 is 2.56 bits per heavy atom. The fraction of sp³-hybridized carbons (Fsp3) is 0.611. The van der Waals surface area contributed by atoms with Crippen LogP contribution in [0.4, 0.5) is 0 Å². The molecule has 1 saturated heterocycles. The fourth-order valence-electron chi connectivity index (χ4n) is 3.11. The molecule has 9 heteroatoms. The number of ether oxygens (including phenoxy) is 3. The van der Waals surface area contributed by atoms with Crippen LogP contribution in [0.5, 0.6) is 11.5 Å². The molecule has 0 aliphatic carbocycles. The van der Waals surface area contributed by atoms with Gasteiger partial charge in [-0.3, -0.25) is 4.79 Å². The zero-order valence-corrected chi connectivity index (χ0v) is 16.6. The van der Waals surface area contributed by atoms with E-state index < -0.39 is 16.1 Å². The lowest BCUT2D eigenvalue weighted by molar-refractivity contribution is -0.141. The summed E-state index contributed by atoms with van der Waals surface area (Å²) in [6, 6.07) is 3.59. The third-order valence-electron chi connectivity index (χ3n) is 4.59. The number of morpholine rings is 1. The summed E-state index contributed by atoms with van der Waals surface area (Å²) in [4.78, 5) is 14.6. The molecule has 2 atom stereocenters. The highest BCUT2D eigenvalue weighted by Crippen LogP contribution is 2.32. The lowest BCUT2D eigenvalue weighted by atomic mass is 10.0. The monoisotopic (exact) mass is 398 g/mol. The molecule has 8 nitrogen and oxygen atoms in total. The third-order valence-corrected chi connectivity index (χ3v) is 6.03. The molecule has 1 amide bonds. The quantitative estimate of drug-likeness (QED) is 0.796. The Hall–Kier alpha value is -1.84. The smallest absolute Gasteiger partial charge is 0.241 e. The van der Waals surface area contributed by atoms with Crippen molar-refractivity contribution in [1.82, 2.24) is 9.62 Å². The molecule has 2 aliphatic heterocycles. The van der Waals surface area contributed by atoms with Crippen LogP contribution in [-0.4, -0.2) is 64.3 Å². The summed E-state index contributed by atoms with van der Waals surface area (Å²) in [7, 11) is -3.90. The summed E-state index contributed by atoms with van der Waals surface area (Å²) in [6.45, 7) is 7.69. The summed E-state index contributed by atoms with van der Waals surface area (Å²) < 4.78 is 44.7. The molecule has 0 aromatic heterocycles. The number of fused-ring (bicyclic) bond motifs is 1. The van der Waals surface area contributed by atoms with Crippen LogP contribution in [-0.2, 0) is 19.6 Å². The Labute approximate surface area is 159 Å². The Morgan fingerprint density at radius 2 is 1.89 bits per heavy atom. The number of hydrogen-bond acceptors (Lipinski definition) is 6. The van der Waals surface area contributed by atoms with Crippen LogP contribution in [0.15, 0.2) is 23.1 Å². The van der Waals surface area contributed by atoms with Gasteiger partial charge in [0.1, 0.15) is 19.3 Å². The number of nitrogens with one attached hydrogen (secondary N) is 1. The normalized spacial score (nSPS) is 21.2. The number of nitrogens with zero attached hydrogens (tertiary/aromatic N) is 1. The molecule has 1 fully saturated rings. The van der Waals surface area contributed by atoms with E-state index in [1.165, 1.54) is 12.1 Å². The molecule has 2 aliphatic rings. The van der Waals surface area contributed by atoms with E-state index in [0.29, 0.717) is 44.4 Å². The standard InChI is InChI=1S/C18H26N2O6S/c1-12(2)17(18(21)20-6-7-24-13(3)11-20)19-27(22,23)14-4-5-15-16(10-14)26-9-8-25-15/h4-5,10,12-13,17,19H,6-9,11H2,1-3H3/t13-,17+/m1/s1. The minimum atomic E-state index is -3.90. The molecule has 3 rings (SSSR count). The summed E-state index contributed by atoms with van der Waals surface area (Å²) in [5.41, 5.74) is 0. The van der Waals surface area contributed by atoms with Crippen LogP contribution in [0, 0.1) is 5.92 Å². The van der Waals surface area contributed by atoms with E-state index in [9.17, 15) is 13.2 Å². The molecular formula is C18H26N2O6S. The van der Waals surface area contributed by atoms with Gasteiger partial charge < -0.3 is 19.1 Å². The summed E-state index contributed by atoms with van der Waals surface area (Å²) in [5, 5.41) is 0. The van der Waals surface area contributed by atoms with E-state index in [-0.39, 0.29) is 22.8 Å². The molecule has 0 bridgehead atoms. The van der Waals surface area contributed by atoms with Crippen LogP contribution < -0.4 is 14.2 Å². The highest BCUT2D eigenvalue weighted by atomic mass is 32.2. The Balaban J connectivity index is 1.79. The first-order chi connectivity index (χ1) is 12.8. The topological polar surface area (TPSA) is 94.2 Å². The van der Waals surface area contributed by atoms with Crippen molar-refractivity contribution < 1.29 is 27.4 Å². The van der Waals surface area contributed by atoms with Gasteiger partial charge in [-0.2, -0.15) is 4.72 Å². The van der Waals surface area contributed by atoms with Gasteiger partial charge in [0.15, 0.2) is 11.5 Å². The third kappa shape index (κ3) is 4.53. The minimum Gasteiger partial charge on any atom is -0.486 e. The molecule has 1 N–H and O–H groups in total. The van der Waals surface area contributed by atoms with Crippen molar-refractivity contribution in [2.24, 2.45) is 5.92 Å². The molecule has 0 radical (unpaired) electrons. The van der Waals surface area contributed by atoms with Gasteiger partial charge in [0.25, 0.3) is 0 Å². The summed E-state index contributed by atoms with van der Waals surface area (Å²) in [5.74, 6) is 0.460. The molecule has 0 saturated carbocycles. The van der Waals surface area contributed by atoms with Crippen LogP contribution in [0.25, 0.3) is 0 Å². The predicted octanol–water partition coefficient (Wildman–Crippen LogP) is 1.01. The minimum absolute atomic E-state index is 0.0422. The van der Waals surface area contributed by atoms with Gasteiger partial charge in [-0.25, -0.2) is 8.42 Å². The van der Waals surface area contributed by atoms with Crippen molar-refractivity contribution in [2.75, 3.05) is 32.9 Å². The van der Waals surface area contributed by atoms with Gasteiger partial charge in [0.05, 0.1) is 17.6 Å². The van der Waals surface area contributed by atoms with Crippen molar-refractivity contribution in [1.29, 1.82) is 0 Å². The number of sulfonamides is 1. The maximum Gasteiger partial charge on any atom is 0.241 e. The molecule has 150 valence electrons. The maximum atomic E-state index is 12.9. The van der Waals surface area contributed by atoms with E-state index in [4.69, 9.17) is 14.2 Å². The lowest BCUT2D eigenvalue weighted by Gasteiger charge is -2.34. The van der Waals surface area contributed by atoms with E-state index in [2.05, 4.69) is 4.72 Å². The molecule has 0 spiro atoms. The highest BCUT2D eigenvalue weighted by Gasteiger charge is 2.33. The molecule has 27 heavy (non-hydrogen) atoms. The molecule has 1 aromatic rings. The van der Waals surface area contributed by atoms with Gasteiger partial charge in [-0.05, 0) is 25.0 Å². The first-order valence-electron chi connectivity index (χ1n) is 9.10. The zero-order chi connectivity index (χ0) is 19.6. The highest BCUT2D eigenvalue weighted by molar-refractivity contribution is 7.89. The first-order valence-corrected chi connectivity index (χ1v) is 10.6. The number of carbonyl (C=O) groups excluding carboxylic acids is 1. The second-order valence-electron chi connectivity index (χ2n) is 7.11. The number of rotatable bonds is 5. The average molecular weight is 398 g/mol. The van der Waals surface area contributed by atoms with Crippen LogP contribution in [0.3, 0.4) is 0 Å². The predicted molar refractivity (Wildman–Crippen MR) is 98.4 cm³/mol. The van der Waals surface area contributed by atoms with E-state index in [1.54, 1.807) is 11.0 Å². The Bertz CT molecular complexity index is 795. The van der Waals surface area contributed by atoms with Crippen LogP contribution in [0.2, 0.25) is 0 Å². The van der Waals surface area contributed by atoms with Gasteiger partial charge in [0, 0.05) is 19.2 Å². The molecule has 0 unspecified atom stereocenters. The lowest BCUT2D eigenvalue weighted by Crippen LogP contribution is -2.55. The second-order valence-corrected chi connectivity index (χ2v) is 8.83. The summed E-state index contributed by atoms with van der Waals surface area (Å²) in [6.07, 6.45) is -0.0649. The molecular weight excluding hydrogens is 372 g/mol. The van der Waals surface area contributed by atoms with Crippen molar-refractivity contribution in [3.8, 4) is 11.5 Å². The van der Waals surface area contributed by atoms with Crippen LogP contribution >= 0.6 is 0 Å². The van der Waals surface area contributed by atoms with Gasteiger partial charge in [-0.15, -0.1) is 0 Å². The SMILES string of the molecule is CC(C)[C@H](NS(=O)(=O)c1ccc2c(c1)OCCO2)C(=O)N1CCO[C@H](C)C1. The van der Waals surface area contributed by atoms with Gasteiger partial charge in [0.2, 0.25) is 15.9 Å². The van der Waals surface area contributed by atoms with Crippen molar-refractivity contribution in [3.05, 3.63) is 18.2 Å². The average Bonchev–Trinajstić information content (AvgIpc) is 2.65. The van der Waals surface area contributed by atoms with E-state index in [1.807, 2.05) is 20.8 Å². The van der Waals surface area contributed by atoms with Crippen molar-refractivity contribution in [3.63, 3.8) is 0 Å². The van der Waals surface area contributed by atoms with Gasteiger partial charge >= 0.3 is 0 Å². The fourth-order valence-corrected chi connectivity index (χ4v) is 4.47. The number of hydrogen-bond donors (Lipinski definition) is 1. The second kappa shape index (κ2) is 8.04. The van der Waals surface area contributed by atoms with E-state index in [0.717, 1.165) is 0 Å². The number of amides is 1. The number of carbonyl (C=O) groups is 1. The Morgan fingerprint density at radius 1 is 1.19 bits per heavy atom. The van der Waals surface area contributed by atoms with Gasteiger partial charge in [-0.1, -0.05) is 13.8 Å². The Kier molecular flexibility index (Phi) is 5.92. The molecule has 1 aromatic carbocycles. The molecule has 2 heterocycles. The first kappa shape index (κ1) is 19.9. The maximum absolute atomic E-state index is 12.9. The van der Waals surface area contributed by atoms with Crippen molar-refractivity contribution in [2.45, 2.75) is 37.8 Å². The zero-order valence-electron chi connectivity index (χ0n) is 15.8. The van der Waals surface area contributed by atoms with Crippen molar-refractivity contribution >= 4 is 15.9 Å². The summed E-state index contributed by atoms with van der Waals surface area (Å²) >= 11 is 0. The largest absolute Gasteiger partial charge is 0.486 e. The van der Waals surface area contributed by atoms with E-state index >= 15 is 0 Å². The van der Waals surface area contributed by atoms with Crippen LogP contribution in [0.1, 0.15) is 20.8 Å².